The molecule has 0 N–H and O–H groups in total. The molecule has 4 rings (SSSR count). The Hall–Kier alpha value is -3.00. The number of hydrogen-bond acceptors (Lipinski definition) is 1. The molecule has 0 aliphatic carbocycles. The highest BCUT2D eigenvalue weighted by atomic mass is 14.9. The zero-order valence-corrected chi connectivity index (χ0v) is 13.9. The second-order valence-corrected chi connectivity index (χ2v) is 6.08. The zero-order chi connectivity index (χ0) is 16.5. The van der Waals surface area contributed by atoms with Crippen molar-refractivity contribution in [2.75, 3.05) is 0 Å². The zero-order valence-electron chi connectivity index (χ0n) is 13.9. The van der Waals surface area contributed by atoms with Crippen LogP contribution in [0.1, 0.15) is 5.56 Å². The van der Waals surface area contributed by atoms with Gasteiger partial charge in [0.25, 0.3) is 0 Å². The summed E-state index contributed by atoms with van der Waals surface area (Å²) in [6.07, 6.45) is 3.75. The van der Waals surface area contributed by atoms with E-state index >= 15 is 0 Å². The molecule has 2 heteroatoms. The quantitative estimate of drug-likeness (QED) is 0.490. The number of rotatable bonds is 2. The average Bonchev–Trinajstić information content (AvgIpc) is 2.63. The van der Waals surface area contributed by atoms with E-state index < -0.39 is 0 Å². The summed E-state index contributed by atoms with van der Waals surface area (Å²) in [4.78, 5) is 4.32. The van der Waals surface area contributed by atoms with Gasteiger partial charge in [-0.2, -0.15) is 4.57 Å². The van der Waals surface area contributed by atoms with Gasteiger partial charge in [-0.05, 0) is 36.8 Å². The van der Waals surface area contributed by atoms with Crippen LogP contribution in [-0.4, -0.2) is 4.98 Å². The highest BCUT2D eigenvalue weighted by Crippen LogP contribution is 2.33. The van der Waals surface area contributed by atoms with E-state index in [0.29, 0.717) is 0 Å². The maximum Gasteiger partial charge on any atom is 0.221 e. The van der Waals surface area contributed by atoms with Crippen molar-refractivity contribution in [2.24, 2.45) is 7.05 Å². The van der Waals surface area contributed by atoms with Gasteiger partial charge in [-0.25, -0.2) is 0 Å². The minimum atomic E-state index is 1.14. The first-order chi connectivity index (χ1) is 11.8. The van der Waals surface area contributed by atoms with E-state index in [9.17, 15) is 0 Å². The van der Waals surface area contributed by atoms with Gasteiger partial charge >= 0.3 is 0 Å². The molecule has 0 aliphatic heterocycles. The van der Waals surface area contributed by atoms with Crippen LogP contribution in [0.4, 0.5) is 0 Å². The van der Waals surface area contributed by atoms with Gasteiger partial charge < -0.3 is 0 Å². The lowest BCUT2D eigenvalue weighted by Crippen LogP contribution is -2.33. The van der Waals surface area contributed by atoms with Gasteiger partial charge in [0, 0.05) is 35.0 Å². The molecule has 2 heterocycles. The highest BCUT2D eigenvalue weighted by molar-refractivity contribution is 5.88. The smallest absolute Gasteiger partial charge is 0.221 e. The second-order valence-electron chi connectivity index (χ2n) is 6.08. The van der Waals surface area contributed by atoms with Gasteiger partial charge in [0.05, 0.1) is 5.56 Å². The summed E-state index contributed by atoms with van der Waals surface area (Å²) in [5.74, 6) is 0. The maximum atomic E-state index is 4.32. The minimum Gasteiger partial charge on any atom is -0.264 e. The van der Waals surface area contributed by atoms with E-state index in [1.54, 1.807) is 0 Å². The standard InChI is InChI=1S/C22H19N2/c1-16-8-3-5-11-19(16)22-20(18-10-7-13-23-15-18)14-17-9-4-6-12-21(17)24(22)2/h3-15H,1-2H3/q+1. The largest absolute Gasteiger partial charge is 0.264 e. The van der Waals surface area contributed by atoms with E-state index in [-0.39, 0.29) is 0 Å². The number of pyridine rings is 2. The average molecular weight is 311 g/mol. The predicted octanol–water partition coefficient (Wildman–Crippen LogP) is 4.70. The van der Waals surface area contributed by atoms with Crippen LogP contribution in [0.3, 0.4) is 0 Å². The fourth-order valence-corrected chi connectivity index (χ4v) is 3.35. The summed E-state index contributed by atoms with van der Waals surface area (Å²) in [6, 6.07) is 23.4. The SMILES string of the molecule is Cc1ccccc1-c1c(-c2cccnc2)cc2ccccc2[n+]1C. The Morgan fingerprint density at radius 1 is 0.833 bits per heavy atom. The molecule has 0 amide bonds. The first kappa shape index (κ1) is 14.6. The van der Waals surface area contributed by atoms with Crippen molar-refractivity contribution < 1.29 is 4.57 Å². The van der Waals surface area contributed by atoms with Crippen LogP contribution in [0.15, 0.2) is 79.1 Å². The lowest BCUT2D eigenvalue weighted by Gasteiger charge is -2.12. The van der Waals surface area contributed by atoms with Crippen molar-refractivity contribution in [3.63, 3.8) is 0 Å². The molecule has 24 heavy (non-hydrogen) atoms. The van der Waals surface area contributed by atoms with Gasteiger partial charge in [0.1, 0.15) is 7.05 Å². The summed E-state index contributed by atoms with van der Waals surface area (Å²) in [5, 5.41) is 1.23. The Morgan fingerprint density at radius 3 is 2.42 bits per heavy atom. The fourth-order valence-electron chi connectivity index (χ4n) is 3.35. The number of nitrogens with zero attached hydrogens (tertiary/aromatic N) is 2. The molecular formula is C22H19N2+. The first-order valence-corrected chi connectivity index (χ1v) is 8.14. The number of aryl methyl sites for hydroxylation is 2. The van der Waals surface area contributed by atoms with Crippen LogP contribution in [0.2, 0.25) is 0 Å². The molecule has 2 aromatic heterocycles. The van der Waals surface area contributed by atoms with Crippen LogP contribution in [0.5, 0.6) is 0 Å². The van der Waals surface area contributed by atoms with Gasteiger partial charge in [-0.3, -0.25) is 4.98 Å². The first-order valence-electron chi connectivity index (χ1n) is 8.14. The van der Waals surface area contributed by atoms with Crippen molar-refractivity contribution >= 4 is 10.9 Å². The monoisotopic (exact) mass is 311 g/mol. The third-order valence-electron chi connectivity index (χ3n) is 4.56. The van der Waals surface area contributed by atoms with E-state index in [1.807, 2.05) is 18.5 Å². The molecule has 0 atom stereocenters. The molecule has 0 unspecified atom stereocenters. The molecule has 0 spiro atoms. The second kappa shape index (κ2) is 5.89. The van der Waals surface area contributed by atoms with Crippen LogP contribution in [0, 0.1) is 6.92 Å². The molecule has 0 fully saturated rings. The third kappa shape index (κ3) is 2.37. The molecule has 0 saturated carbocycles. The summed E-state index contributed by atoms with van der Waals surface area (Å²) >= 11 is 0. The summed E-state index contributed by atoms with van der Waals surface area (Å²) < 4.78 is 2.29. The van der Waals surface area contributed by atoms with Gasteiger partial charge in [0.2, 0.25) is 11.2 Å². The number of fused-ring (bicyclic) bond motifs is 1. The Morgan fingerprint density at radius 2 is 1.62 bits per heavy atom. The summed E-state index contributed by atoms with van der Waals surface area (Å²) in [7, 11) is 2.14. The van der Waals surface area contributed by atoms with Crippen LogP contribution >= 0.6 is 0 Å². The van der Waals surface area contributed by atoms with Crippen LogP contribution in [-0.2, 0) is 7.05 Å². The Kier molecular flexibility index (Phi) is 3.58. The van der Waals surface area contributed by atoms with E-state index in [0.717, 1.165) is 5.56 Å². The molecule has 2 aromatic carbocycles. The Labute approximate surface area is 142 Å². The third-order valence-corrected chi connectivity index (χ3v) is 4.56. The summed E-state index contributed by atoms with van der Waals surface area (Å²) in [6.45, 7) is 2.16. The number of hydrogen-bond donors (Lipinski definition) is 0. The van der Waals surface area contributed by atoms with Crippen molar-refractivity contribution in [1.82, 2.24) is 4.98 Å². The Balaban J connectivity index is 2.14. The van der Waals surface area contributed by atoms with Crippen molar-refractivity contribution in [2.45, 2.75) is 6.92 Å². The highest BCUT2D eigenvalue weighted by Gasteiger charge is 2.22. The van der Waals surface area contributed by atoms with Crippen LogP contribution < -0.4 is 4.57 Å². The molecular weight excluding hydrogens is 292 g/mol. The normalized spacial score (nSPS) is 10.9. The lowest BCUT2D eigenvalue weighted by atomic mass is 9.95. The van der Waals surface area contributed by atoms with E-state index in [2.05, 4.69) is 84.2 Å². The number of benzene rings is 2. The van der Waals surface area contributed by atoms with Crippen molar-refractivity contribution in [3.05, 3.63) is 84.7 Å². The molecule has 4 aromatic rings. The van der Waals surface area contributed by atoms with Crippen molar-refractivity contribution in [1.29, 1.82) is 0 Å². The number of aromatic nitrogens is 2. The van der Waals surface area contributed by atoms with E-state index in [4.69, 9.17) is 0 Å². The van der Waals surface area contributed by atoms with E-state index in [1.165, 1.54) is 33.3 Å². The molecule has 116 valence electrons. The van der Waals surface area contributed by atoms with Crippen molar-refractivity contribution in [3.8, 4) is 22.4 Å². The van der Waals surface area contributed by atoms with Gasteiger partial charge in [-0.15, -0.1) is 0 Å². The number of para-hydroxylation sites is 1. The molecule has 0 radical (unpaired) electrons. The topological polar surface area (TPSA) is 16.8 Å². The minimum absolute atomic E-state index is 1.14. The Bertz CT molecular complexity index is 1020. The predicted molar refractivity (Wildman–Crippen MR) is 98.5 cm³/mol. The molecule has 0 bridgehead atoms. The molecule has 0 saturated heterocycles. The van der Waals surface area contributed by atoms with Gasteiger partial charge in [-0.1, -0.05) is 36.4 Å². The lowest BCUT2D eigenvalue weighted by molar-refractivity contribution is -0.633. The summed E-state index contributed by atoms with van der Waals surface area (Å²) in [5.41, 5.74) is 7.32. The maximum absolute atomic E-state index is 4.32. The van der Waals surface area contributed by atoms with Crippen LogP contribution in [0.25, 0.3) is 33.3 Å². The fraction of sp³-hybridized carbons (Fsp3) is 0.0909. The van der Waals surface area contributed by atoms with Gasteiger partial charge in [0.15, 0.2) is 0 Å². The molecule has 2 nitrogen and oxygen atoms in total. The molecule has 0 aliphatic rings.